The van der Waals surface area contributed by atoms with Crippen molar-refractivity contribution < 1.29 is 19.4 Å². The van der Waals surface area contributed by atoms with E-state index in [1.807, 2.05) is 0 Å². The molecule has 0 unspecified atom stereocenters. The first kappa shape index (κ1) is 9.74. The first-order valence-corrected chi connectivity index (χ1v) is 3.29. The zero-order valence-corrected chi connectivity index (χ0v) is 6.29. The minimum absolute atomic E-state index is 0.0835. The summed E-state index contributed by atoms with van der Waals surface area (Å²) >= 11 is 0. The van der Waals surface area contributed by atoms with Gasteiger partial charge in [-0.25, -0.2) is 4.79 Å². The summed E-state index contributed by atoms with van der Waals surface area (Å²) in [6, 6.07) is 0. The van der Waals surface area contributed by atoms with Gasteiger partial charge in [-0.05, 0) is 6.92 Å². The lowest BCUT2D eigenvalue weighted by Crippen LogP contribution is -2.24. The summed E-state index contributed by atoms with van der Waals surface area (Å²) < 4.78 is 4.55. The predicted molar refractivity (Wildman–Crippen MR) is 37.3 cm³/mol. The van der Waals surface area contributed by atoms with Crippen molar-refractivity contribution >= 4 is 12.1 Å². The van der Waals surface area contributed by atoms with E-state index >= 15 is 0 Å². The van der Waals surface area contributed by atoms with Crippen molar-refractivity contribution in [3.63, 3.8) is 0 Å². The number of carbonyl (C=O) groups is 2. The smallest absolute Gasteiger partial charge is 0.404 e. The zero-order chi connectivity index (χ0) is 8.69. The van der Waals surface area contributed by atoms with Crippen molar-refractivity contribution in [2.24, 2.45) is 0 Å². The van der Waals surface area contributed by atoms with E-state index in [2.05, 4.69) is 10.1 Å². The molecule has 0 spiro atoms. The first-order valence-electron chi connectivity index (χ1n) is 3.29. The Morgan fingerprint density at radius 1 is 1.55 bits per heavy atom. The molecular weight excluding hydrogens is 150 g/mol. The Balaban J connectivity index is 3.24. The van der Waals surface area contributed by atoms with Crippen LogP contribution in [0.3, 0.4) is 0 Å². The molecule has 0 saturated heterocycles. The maximum Gasteiger partial charge on any atom is 0.404 e. The standard InChI is InChI=1S/C6H11NO4/c1-2-11-5(8)3-4-7-6(9)10/h7H,2-4H2,1H3,(H,9,10). The van der Waals surface area contributed by atoms with Gasteiger partial charge < -0.3 is 15.2 Å². The van der Waals surface area contributed by atoms with Gasteiger partial charge in [0.1, 0.15) is 0 Å². The molecule has 1 amide bonds. The van der Waals surface area contributed by atoms with Gasteiger partial charge in [0.05, 0.1) is 13.0 Å². The van der Waals surface area contributed by atoms with E-state index in [1.165, 1.54) is 0 Å². The third kappa shape index (κ3) is 6.63. The molecule has 0 aromatic rings. The summed E-state index contributed by atoms with van der Waals surface area (Å²) in [6.07, 6.45) is -1.05. The Labute approximate surface area is 64.3 Å². The van der Waals surface area contributed by atoms with Crippen LogP contribution >= 0.6 is 0 Å². The van der Waals surface area contributed by atoms with Crippen molar-refractivity contribution in [1.29, 1.82) is 0 Å². The van der Waals surface area contributed by atoms with E-state index in [0.717, 1.165) is 0 Å². The topological polar surface area (TPSA) is 75.6 Å². The highest BCUT2D eigenvalue weighted by molar-refractivity contribution is 5.71. The summed E-state index contributed by atoms with van der Waals surface area (Å²) in [6.45, 7) is 2.13. The minimum atomic E-state index is -1.13. The molecule has 11 heavy (non-hydrogen) atoms. The Hall–Kier alpha value is -1.26. The molecule has 0 atom stereocenters. The molecule has 5 nitrogen and oxygen atoms in total. The second-order valence-electron chi connectivity index (χ2n) is 1.79. The van der Waals surface area contributed by atoms with Gasteiger partial charge in [-0.2, -0.15) is 0 Å². The number of nitrogens with one attached hydrogen (secondary N) is 1. The highest BCUT2D eigenvalue weighted by atomic mass is 16.5. The normalized spacial score (nSPS) is 8.82. The molecule has 0 heterocycles. The lowest BCUT2D eigenvalue weighted by molar-refractivity contribution is -0.142. The average molecular weight is 161 g/mol. The summed E-state index contributed by atoms with van der Waals surface area (Å²) in [5.41, 5.74) is 0. The van der Waals surface area contributed by atoms with Crippen LogP contribution in [0, 0.1) is 0 Å². The number of rotatable bonds is 4. The quantitative estimate of drug-likeness (QED) is 0.578. The van der Waals surface area contributed by atoms with Gasteiger partial charge in [-0.1, -0.05) is 0 Å². The maximum atomic E-state index is 10.6. The van der Waals surface area contributed by atoms with Crippen molar-refractivity contribution in [1.82, 2.24) is 5.32 Å². The summed E-state index contributed by atoms with van der Waals surface area (Å²) in [7, 11) is 0. The highest BCUT2D eigenvalue weighted by Gasteiger charge is 2.01. The Morgan fingerprint density at radius 2 is 2.18 bits per heavy atom. The third-order valence-electron chi connectivity index (χ3n) is 0.911. The zero-order valence-electron chi connectivity index (χ0n) is 6.29. The van der Waals surface area contributed by atoms with E-state index in [0.29, 0.717) is 6.61 Å². The Bertz CT molecular complexity index is 146. The lowest BCUT2D eigenvalue weighted by atomic mass is 10.4. The first-order chi connectivity index (χ1) is 5.16. The molecule has 0 rings (SSSR count). The van der Waals surface area contributed by atoms with Crippen LogP contribution in [0.5, 0.6) is 0 Å². The van der Waals surface area contributed by atoms with E-state index in [4.69, 9.17) is 5.11 Å². The number of amides is 1. The van der Waals surface area contributed by atoms with Crippen molar-refractivity contribution in [3.05, 3.63) is 0 Å². The van der Waals surface area contributed by atoms with Gasteiger partial charge in [0.25, 0.3) is 0 Å². The van der Waals surface area contributed by atoms with Crippen molar-refractivity contribution in [3.8, 4) is 0 Å². The fraction of sp³-hybridized carbons (Fsp3) is 0.667. The van der Waals surface area contributed by atoms with Crippen LogP contribution in [0.25, 0.3) is 0 Å². The second-order valence-corrected chi connectivity index (χ2v) is 1.79. The van der Waals surface area contributed by atoms with Crippen molar-refractivity contribution in [2.45, 2.75) is 13.3 Å². The largest absolute Gasteiger partial charge is 0.466 e. The molecule has 0 aliphatic rings. The van der Waals surface area contributed by atoms with Gasteiger partial charge in [0.15, 0.2) is 0 Å². The van der Waals surface area contributed by atoms with Gasteiger partial charge in [-0.3, -0.25) is 4.79 Å². The highest BCUT2D eigenvalue weighted by Crippen LogP contribution is 1.83. The van der Waals surface area contributed by atoms with E-state index in [1.54, 1.807) is 6.92 Å². The predicted octanol–water partition coefficient (Wildman–Crippen LogP) is 0.207. The number of ether oxygens (including phenoxy) is 1. The van der Waals surface area contributed by atoms with Crippen LogP contribution in [0.2, 0.25) is 0 Å². The maximum absolute atomic E-state index is 10.6. The van der Waals surface area contributed by atoms with Gasteiger partial charge in [0, 0.05) is 6.54 Å². The van der Waals surface area contributed by atoms with E-state index in [-0.39, 0.29) is 18.9 Å². The van der Waals surface area contributed by atoms with Crippen LogP contribution in [0.1, 0.15) is 13.3 Å². The van der Waals surface area contributed by atoms with E-state index in [9.17, 15) is 9.59 Å². The molecule has 0 radical (unpaired) electrons. The lowest BCUT2D eigenvalue weighted by Gasteiger charge is -2.00. The van der Waals surface area contributed by atoms with Crippen LogP contribution < -0.4 is 5.32 Å². The Morgan fingerprint density at radius 3 is 2.64 bits per heavy atom. The number of carbonyl (C=O) groups excluding carboxylic acids is 1. The molecule has 0 aliphatic heterocycles. The van der Waals surface area contributed by atoms with Gasteiger partial charge in [-0.15, -0.1) is 0 Å². The number of hydrogen-bond donors (Lipinski definition) is 2. The van der Waals surface area contributed by atoms with Gasteiger partial charge in [0.2, 0.25) is 0 Å². The van der Waals surface area contributed by atoms with Gasteiger partial charge >= 0.3 is 12.1 Å². The molecule has 0 fully saturated rings. The SMILES string of the molecule is CCOC(=O)CCNC(=O)O. The van der Waals surface area contributed by atoms with Crippen LogP contribution in [0.4, 0.5) is 4.79 Å². The molecule has 2 N–H and O–H groups in total. The Kier molecular flexibility index (Phi) is 4.89. The average Bonchev–Trinajstić information content (AvgIpc) is 1.87. The molecule has 0 saturated carbocycles. The third-order valence-corrected chi connectivity index (χ3v) is 0.911. The fourth-order valence-electron chi connectivity index (χ4n) is 0.505. The monoisotopic (exact) mass is 161 g/mol. The molecule has 5 heteroatoms. The number of carboxylic acid groups (broad SMARTS) is 1. The molecule has 0 aromatic carbocycles. The van der Waals surface area contributed by atoms with E-state index < -0.39 is 6.09 Å². The second kappa shape index (κ2) is 5.52. The molecule has 0 aliphatic carbocycles. The molecule has 0 bridgehead atoms. The summed E-state index contributed by atoms with van der Waals surface area (Å²) in [5.74, 6) is -0.388. The minimum Gasteiger partial charge on any atom is -0.466 e. The molecule has 0 aromatic heterocycles. The summed E-state index contributed by atoms with van der Waals surface area (Å²) in [5, 5.41) is 10.1. The van der Waals surface area contributed by atoms with Crippen LogP contribution in [-0.2, 0) is 9.53 Å². The van der Waals surface area contributed by atoms with Crippen LogP contribution in [0.15, 0.2) is 0 Å². The van der Waals surface area contributed by atoms with Crippen LogP contribution in [-0.4, -0.2) is 30.3 Å². The van der Waals surface area contributed by atoms with Crippen molar-refractivity contribution in [2.75, 3.05) is 13.2 Å². The fourth-order valence-corrected chi connectivity index (χ4v) is 0.505. The number of esters is 1. The number of hydrogen-bond acceptors (Lipinski definition) is 3. The molecule has 64 valence electrons. The molecular formula is C6H11NO4. The summed E-state index contributed by atoms with van der Waals surface area (Å²) in [4.78, 5) is 20.4.